The number of fused-ring (bicyclic) bond motifs is 1. The minimum atomic E-state index is -1.07. The molecule has 0 saturated carbocycles. The molecule has 1 atom stereocenters. The molecule has 0 radical (unpaired) electrons. The first-order valence-corrected chi connectivity index (χ1v) is 9.57. The fourth-order valence-corrected chi connectivity index (χ4v) is 3.22. The van der Waals surface area contributed by atoms with E-state index in [1.807, 2.05) is 0 Å². The molecule has 0 aliphatic carbocycles. The van der Waals surface area contributed by atoms with Crippen LogP contribution in [0.1, 0.15) is 54.3 Å². The zero-order valence-electron chi connectivity index (χ0n) is 17.2. The van der Waals surface area contributed by atoms with Gasteiger partial charge in [0.15, 0.2) is 6.61 Å². The van der Waals surface area contributed by atoms with E-state index in [9.17, 15) is 28.8 Å². The van der Waals surface area contributed by atoms with Crippen molar-refractivity contribution in [1.29, 1.82) is 0 Å². The van der Waals surface area contributed by atoms with E-state index in [1.54, 1.807) is 20.8 Å². The Balaban J connectivity index is 1.66. The second kappa shape index (κ2) is 8.17. The molecule has 0 bridgehead atoms. The zero-order chi connectivity index (χ0) is 22.9. The van der Waals surface area contributed by atoms with Gasteiger partial charge in [0, 0.05) is 17.6 Å². The maximum atomic E-state index is 12.8. The van der Waals surface area contributed by atoms with Gasteiger partial charge < -0.3 is 15.4 Å². The van der Waals surface area contributed by atoms with Crippen LogP contribution in [0.4, 0.5) is 10.5 Å². The van der Waals surface area contributed by atoms with Gasteiger partial charge in [-0.05, 0) is 45.4 Å². The maximum absolute atomic E-state index is 12.8. The molecule has 11 nitrogen and oxygen atoms in total. The number of carbonyl (C=O) groups is 6. The highest BCUT2D eigenvalue weighted by Gasteiger charge is 2.44. The Morgan fingerprint density at radius 2 is 1.81 bits per heavy atom. The highest BCUT2D eigenvalue weighted by Crippen LogP contribution is 2.29. The fraction of sp³-hybridized carbons (Fsp3) is 0.400. The number of imide groups is 2. The number of alkyl carbamates (subject to hydrolysis) is 1. The Morgan fingerprint density at radius 1 is 1.13 bits per heavy atom. The van der Waals surface area contributed by atoms with Crippen LogP contribution < -0.4 is 16.0 Å². The van der Waals surface area contributed by atoms with Gasteiger partial charge in [0.25, 0.3) is 17.7 Å². The van der Waals surface area contributed by atoms with Crippen molar-refractivity contribution in [3.63, 3.8) is 0 Å². The number of nitrogens with one attached hydrogen (secondary N) is 3. The number of rotatable bonds is 4. The number of piperidine rings is 1. The summed E-state index contributed by atoms with van der Waals surface area (Å²) >= 11 is 0. The van der Waals surface area contributed by atoms with Crippen molar-refractivity contribution in [2.24, 2.45) is 0 Å². The van der Waals surface area contributed by atoms with Crippen LogP contribution in [0.3, 0.4) is 0 Å². The van der Waals surface area contributed by atoms with E-state index in [2.05, 4.69) is 16.0 Å². The van der Waals surface area contributed by atoms with Crippen LogP contribution in [0.25, 0.3) is 0 Å². The van der Waals surface area contributed by atoms with E-state index < -0.39 is 53.8 Å². The van der Waals surface area contributed by atoms with Crippen LogP contribution in [0, 0.1) is 0 Å². The molecule has 1 aromatic carbocycles. The maximum Gasteiger partial charge on any atom is 0.408 e. The second-order valence-corrected chi connectivity index (χ2v) is 8.21. The standard InChI is InChI=1S/C20H22N4O7/c1-20(2,3)23-19(30)31-9-15(26)21-10-4-5-11-12(8-10)18(29)24(17(11)28)13-6-7-14(25)22-16(13)27/h4-5,8,13H,6-7,9H2,1-3H3,(H,21,26)(H,23,30)(H,22,25,27). The summed E-state index contributed by atoms with van der Waals surface area (Å²) in [5.74, 6) is -3.13. The molecule has 31 heavy (non-hydrogen) atoms. The molecule has 2 heterocycles. The number of anilines is 1. The SMILES string of the molecule is CC(C)(C)NC(=O)OCC(=O)Nc1ccc2c(c1)C(=O)N(C1CCC(=O)NC1=O)C2=O. The number of carbonyl (C=O) groups excluding carboxylic acids is 6. The van der Waals surface area contributed by atoms with E-state index in [0.717, 1.165) is 4.90 Å². The molecule has 0 spiro atoms. The van der Waals surface area contributed by atoms with E-state index >= 15 is 0 Å². The normalized spacial score (nSPS) is 18.4. The summed E-state index contributed by atoms with van der Waals surface area (Å²) in [6, 6.07) is 3.03. The summed E-state index contributed by atoms with van der Waals surface area (Å²) in [7, 11) is 0. The lowest BCUT2D eigenvalue weighted by Crippen LogP contribution is -2.54. The Kier molecular flexibility index (Phi) is 5.78. The molecule has 0 aromatic heterocycles. The predicted octanol–water partition coefficient (Wildman–Crippen LogP) is 0.551. The smallest absolute Gasteiger partial charge is 0.408 e. The molecule has 11 heteroatoms. The van der Waals surface area contributed by atoms with Crippen molar-refractivity contribution in [1.82, 2.24) is 15.5 Å². The summed E-state index contributed by atoms with van der Waals surface area (Å²) in [5, 5.41) is 7.15. The number of hydrogen-bond donors (Lipinski definition) is 3. The summed E-state index contributed by atoms with van der Waals surface area (Å²) in [6.07, 6.45) is -0.681. The van der Waals surface area contributed by atoms with E-state index in [4.69, 9.17) is 4.74 Å². The lowest BCUT2D eigenvalue weighted by Gasteiger charge is -2.27. The van der Waals surface area contributed by atoms with Gasteiger partial charge in [0.2, 0.25) is 11.8 Å². The quantitative estimate of drug-likeness (QED) is 0.590. The van der Waals surface area contributed by atoms with Crippen LogP contribution in [-0.4, -0.2) is 58.7 Å². The zero-order valence-corrected chi connectivity index (χ0v) is 17.2. The Labute approximate surface area is 177 Å². The Morgan fingerprint density at radius 3 is 2.45 bits per heavy atom. The van der Waals surface area contributed by atoms with Gasteiger partial charge in [0.1, 0.15) is 6.04 Å². The summed E-state index contributed by atoms with van der Waals surface area (Å²) < 4.78 is 4.84. The largest absolute Gasteiger partial charge is 0.439 e. The first kappa shape index (κ1) is 21.9. The highest BCUT2D eigenvalue weighted by atomic mass is 16.6. The van der Waals surface area contributed by atoms with Crippen LogP contribution in [-0.2, 0) is 19.1 Å². The van der Waals surface area contributed by atoms with Crippen LogP contribution >= 0.6 is 0 Å². The summed E-state index contributed by atoms with van der Waals surface area (Å²) in [4.78, 5) is 73.3. The molecule has 6 amide bonds. The number of hydrogen-bond acceptors (Lipinski definition) is 7. The van der Waals surface area contributed by atoms with Crippen molar-refractivity contribution in [2.45, 2.75) is 45.2 Å². The van der Waals surface area contributed by atoms with E-state index in [-0.39, 0.29) is 29.7 Å². The molecule has 1 saturated heterocycles. The third kappa shape index (κ3) is 4.87. The van der Waals surface area contributed by atoms with E-state index in [1.165, 1.54) is 18.2 Å². The van der Waals surface area contributed by atoms with Gasteiger partial charge in [-0.1, -0.05) is 0 Å². The molecular weight excluding hydrogens is 408 g/mol. The molecule has 2 aliphatic heterocycles. The minimum Gasteiger partial charge on any atom is -0.439 e. The number of ether oxygens (including phenoxy) is 1. The second-order valence-electron chi connectivity index (χ2n) is 8.21. The first-order valence-electron chi connectivity index (χ1n) is 9.57. The van der Waals surface area contributed by atoms with Crippen molar-refractivity contribution in [3.05, 3.63) is 29.3 Å². The monoisotopic (exact) mass is 430 g/mol. The number of amides is 6. The third-order valence-corrected chi connectivity index (χ3v) is 4.53. The molecule has 1 unspecified atom stereocenters. The molecular formula is C20H22N4O7. The van der Waals surface area contributed by atoms with Crippen LogP contribution in [0.5, 0.6) is 0 Å². The van der Waals surface area contributed by atoms with Gasteiger partial charge in [-0.2, -0.15) is 0 Å². The lowest BCUT2D eigenvalue weighted by molar-refractivity contribution is -0.136. The van der Waals surface area contributed by atoms with Crippen LogP contribution in [0.15, 0.2) is 18.2 Å². The molecule has 3 N–H and O–H groups in total. The van der Waals surface area contributed by atoms with Crippen molar-refractivity contribution in [2.75, 3.05) is 11.9 Å². The fourth-order valence-electron chi connectivity index (χ4n) is 3.22. The number of benzene rings is 1. The topological polar surface area (TPSA) is 151 Å². The predicted molar refractivity (Wildman–Crippen MR) is 106 cm³/mol. The van der Waals surface area contributed by atoms with Crippen molar-refractivity contribution < 1.29 is 33.5 Å². The molecule has 2 aliphatic rings. The van der Waals surface area contributed by atoms with Gasteiger partial charge in [-0.3, -0.25) is 34.2 Å². The third-order valence-electron chi connectivity index (χ3n) is 4.53. The molecule has 1 fully saturated rings. The van der Waals surface area contributed by atoms with Gasteiger partial charge in [0.05, 0.1) is 11.1 Å². The highest BCUT2D eigenvalue weighted by molar-refractivity contribution is 6.23. The van der Waals surface area contributed by atoms with Gasteiger partial charge in [-0.25, -0.2) is 4.79 Å². The number of nitrogens with zero attached hydrogens (tertiary/aromatic N) is 1. The van der Waals surface area contributed by atoms with Crippen molar-refractivity contribution in [3.8, 4) is 0 Å². The molecule has 1 aromatic rings. The minimum absolute atomic E-state index is 0.0217. The van der Waals surface area contributed by atoms with Crippen molar-refractivity contribution >= 4 is 41.3 Å². The van der Waals surface area contributed by atoms with Gasteiger partial charge in [-0.15, -0.1) is 0 Å². The summed E-state index contributed by atoms with van der Waals surface area (Å²) in [5.41, 5.74) is -0.184. The van der Waals surface area contributed by atoms with Gasteiger partial charge >= 0.3 is 6.09 Å². The lowest BCUT2D eigenvalue weighted by atomic mass is 10.0. The first-order chi connectivity index (χ1) is 14.5. The van der Waals surface area contributed by atoms with Crippen LogP contribution in [0.2, 0.25) is 0 Å². The average Bonchev–Trinajstić information content (AvgIpc) is 2.89. The average molecular weight is 430 g/mol. The Hall–Kier alpha value is -3.76. The summed E-state index contributed by atoms with van der Waals surface area (Å²) in [6.45, 7) is 4.73. The Bertz CT molecular complexity index is 996. The van der Waals surface area contributed by atoms with E-state index in [0.29, 0.717) is 0 Å². The molecule has 3 rings (SSSR count). The molecule has 164 valence electrons.